The Labute approximate surface area is 121 Å². The van der Waals surface area contributed by atoms with E-state index in [1.807, 2.05) is 33.8 Å². The molecule has 0 rings (SSSR count). The molecule has 0 radical (unpaired) electrons. The van der Waals surface area contributed by atoms with E-state index in [1.54, 1.807) is 19.3 Å². The first-order valence-corrected chi connectivity index (χ1v) is 6.59. The van der Waals surface area contributed by atoms with Crippen molar-refractivity contribution in [2.45, 2.75) is 51.9 Å². The summed E-state index contributed by atoms with van der Waals surface area (Å²) in [6.45, 7) is 7.29. The Bertz CT molecular complexity index is 355. The number of carbonyl (C=O) groups is 2. The lowest BCUT2D eigenvalue weighted by Gasteiger charge is -2.25. The first kappa shape index (κ1) is 18.4. The van der Waals surface area contributed by atoms with Gasteiger partial charge >= 0.3 is 6.09 Å². The van der Waals surface area contributed by atoms with Gasteiger partial charge in [-0.25, -0.2) is 4.79 Å². The van der Waals surface area contributed by atoms with Gasteiger partial charge in [-0.3, -0.25) is 4.79 Å². The Morgan fingerprint density at radius 1 is 1.25 bits per heavy atom. The summed E-state index contributed by atoms with van der Waals surface area (Å²) in [7, 11) is 1.59. The fourth-order valence-electron chi connectivity index (χ4n) is 1.49. The number of carbonyl (C=O) groups excluding carboxylic acids is 2. The zero-order valence-corrected chi connectivity index (χ0v) is 12.9. The third-order valence-electron chi connectivity index (χ3n) is 2.41. The molecule has 2 atom stereocenters. The SMILES string of the molecule is CO[C@@H](C/C=C/C=C/C=O)[C@@H](C)NC(=O)OC(C)(C)C. The van der Waals surface area contributed by atoms with Gasteiger partial charge in [0.2, 0.25) is 0 Å². The molecule has 0 aromatic carbocycles. The topological polar surface area (TPSA) is 64.6 Å². The van der Waals surface area contributed by atoms with Gasteiger partial charge in [0.15, 0.2) is 0 Å². The van der Waals surface area contributed by atoms with Gasteiger partial charge < -0.3 is 14.8 Å². The van der Waals surface area contributed by atoms with E-state index >= 15 is 0 Å². The molecule has 114 valence electrons. The summed E-state index contributed by atoms with van der Waals surface area (Å²) < 4.78 is 10.5. The predicted octanol–water partition coefficient (Wildman–Crippen LogP) is 2.62. The molecule has 0 aliphatic heterocycles. The summed E-state index contributed by atoms with van der Waals surface area (Å²) >= 11 is 0. The number of rotatable bonds is 7. The highest BCUT2D eigenvalue weighted by Crippen LogP contribution is 2.09. The molecule has 0 saturated heterocycles. The third-order valence-corrected chi connectivity index (χ3v) is 2.41. The monoisotopic (exact) mass is 283 g/mol. The standard InChI is InChI=1S/C15H25NO4/c1-12(16-14(18)20-15(2,3)4)13(19-5)10-8-6-7-9-11-17/h6-9,11-13H,10H2,1-5H3,(H,16,18)/b8-6+,9-7+/t12-,13+/m1/s1. The van der Waals surface area contributed by atoms with Crippen LogP contribution in [0.15, 0.2) is 24.3 Å². The maximum absolute atomic E-state index is 11.6. The van der Waals surface area contributed by atoms with Crippen molar-refractivity contribution in [3.8, 4) is 0 Å². The van der Waals surface area contributed by atoms with Crippen LogP contribution < -0.4 is 5.32 Å². The Morgan fingerprint density at radius 2 is 1.90 bits per heavy atom. The molecule has 0 aromatic heterocycles. The van der Waals surface area contributed by atoms with E-state index in [2.05, 4.69) is 5.32 Å². The van der Waals surface area contributed by atoms with E-state index < -0.39 is 11.7 Å². The van der Waals surface area contributed by atoms with Crippen LogP contribution in [0.1, 0.15) is 34.1 Å². The fraction of sp³-hybridized carbons (Fsp3) is 0.600. The van der Waals surface area contributed by atoms with Crippen LogP contribution in [0, 0.1) is 0 Å². The molecule has 0 bridgehead atoms. The van der Waals surface area contributed by atoms with Gasteiger partial charge in [-0.1, -0.05) is 18.2 Å². The maximum Gasteiger partial charge on any atom is 0.407 e. The quantitative estimate of drug-likeness (QED) is 0.443. The first-order valence-electron chi connectivity index (χ1n) is 6.59. The lowest BCUT2D eigenvalue weighted by Crippen LogP contribution is -2.44. The summed E-state index contributed by atoms with van der Waals surface area (Å²) in [6.07, 6.45) is 7.40. The highest BCUT2D eigenvalue weighted by Gasteiger charge is 2.21. The van der Waals surface area contributed by atoms with Crippen LogP contribution in [0.25, 0.3) is 0 Å². The predicted molar refractivity (Wildman–Crippen MR) is 78.6 cm³/mol. The number of amides is 1. The van der Waals surface area contributed by atoms with Crippen molar-refractivity contribution in [1.82, 2.24) is 5.32 Å². The minimum atomic E-state index is -0.522. The van der Waals surface area contributed by atoms with E-state index in [0.29, 0.717) is 12.7 Å². The molecule has 0 unspecified atom stereocenters. The highest BCUT2D eigenvalue weighted by molar-refractivity contribution is 5.68. The molecule has 0 fully saturated rings. The lowest BCUT2D eigenvalue weighted by atomic mass is 10.1. The number of allylic oxidation sites excluding steroid dienone is 3. The average Bonchev–Trinajstić information content (AvgIpc) is 2.31. The molecule has 5 heteroatoms. The second-order valence-corrected chi connectivity index (χ2v) is 5.39. The molecule has 0 aliphatic rings. The van der Waals surface area contributed by atoms with E-state index in [0.717, 1.165) is 0 Å². The van der Waals surface area contributed by atoms with Crippen LogP contribution in [0.2, 0.25) is 0 Å². The van der Waals surface area contributed by atoms with E-state index in [-0.39, 0.29) is 12.1 Å². The van der Waals surface area contributed by atoms with Crippen LogP contribution in [0.3, 0.4) is 0 Å². The first-order chi connectivity index (χ1) is 9.30. The van der Waals surface area contributed by atoms with Crippen molar-refractivity contribution in [1.29, 1.82) is 0 Å². The molecule has 0 heterocycles. The summed E-state index contributed by atoms with van der Waals surface area (Å²) in [5.74, 6) is 0. The molecule has 0 spiro atoms. The molecule has 20 heavy (non-hydrogen) atoms. The van der Waals surface area contributed by atoms with Gasteiger partial charge in [-0.05, 0) is 40.2 Å². The summed E-state index contributed by atoms with van der Waals surface area (Å²) in [6, 6.07) is -0.186. The minimum Gasteiger partial charge on any atom is -0.444 e. The second-order valence-electron chi connectivity index (χ2n) is 5.39. The number of methoxy groups -OCH3 is 1. The zero-order chi connectivity index (χ0) is 15.6. The largest absolute Gasteiger partial charge is 0.444 e. The Hall–Kier alpha value is -1.62. The van der Waals surface area contributed by atoms with Crippen LogP contribution in [-0.2, 0) is 14.3 Å². The maximum atomic E-state index is 11.6. The molecule has 0 aliphatic carbocycles. The van der Waals surface area contributed by atoms with E-state index in [9.17, 15) is 9.59 Å². The fourth-order valence-corrected chi connectivity index (χ4v) is 1.49. The normalized spacial score (nSPS) is 15.2. The lowest BCUT2D eigenvalue weighted by molar-refractivity contribution is -0.104. The van der Waals surface area contributed by atoms with E-state index in [4.69, 9.17) is 9.47 Å². The van der Waals surface area contributed by atoms with Crippen molar-refractivity contribution < 1.29 is 19.1 Å². The average molecular weight is 283 g/mol. The van der Waals surface area contributed by atoms with Crippen molar-refractivity contribution in [2.75, 3.05) is 7.11 Å². The van der Waals surface area contributed by atoms with Gasteiger partial charge in [-0.2, -0.15) is 0 Å². The molecule has 0 saturated carbocycles. The number of nitrogens with one attached hydrogen (secondary N) is 1. The number of aldehydes is 1. The van der Waals surface area contributed by atoms with Gasteiger partial charge in [0.05, 0.1) is 12.1 Å². The van der Waals surface area contributed by atoms with Gasteiger partial charge in [-0.15, -0.1) is 0 Å². The molecule has 1 amide bonds. The number of alkyl carbamates (subject to hydrolysis) is 1. The molecular formula is C15H25NO4. The minimum absolute atomic E-state index is 0.164. The van der Waals surface area contributed by atoms with Gasteiger partial charge in [0.25, 0.3) is 0 Å². The summed E-state index contributed by atoms with van der Waals surface area (Å²) in [4.78, 5) is 21.7. The number of hydrogen-bond acceptors (Lipinski definition) is 4. The van der Waals surface area contributed by atoms with Crippen molar-refractivity contribution in [3.05, 3.63) is 24.3 Å². The Balaban J connectivity index is 4.29. The van der Waals surface area contributed by atoms with Crippen LogP contribution in [-0.4, -0.2) is 37.2 Å². The van der Waals surface area contributed by atoms with Gasteiger partial charge in [0, 0.05) is 7.11 Å². The van der Waals surface area contributed by atoms with Crippen LogP contribution >= 0.6 is 0 Å². The van der Waals surface area contributed by atoms with Gasteiger partial charge in [0.1, 0.15) is 11.9 Å². The van der Waals surface area contributed by atoms with Crippen molar-refractivity contribution in [2.24, 2.45) is 0 Å². The Kier molecular flexibility index (Phi) is 8.56. The van der Waals surface area contributed by atoms with E-state index in [1.165, 1.54) is 6.08 Å². The molecular weight excluding hydrogens is 258 g/mol. The highest BCUT2D eigenvalue weighted by atomic mass is 16.6. The van der Waals surface area contributed by atoms with Crippen LogP contribution in [0.4, 0.5) is 4.79 Å². The summed E-state index contributed by atoms with van der Waals surface area (Å²) in [5.41, 5.74) is -0.522. The van der Waals surface area contributed by atoms with Crippen LogP contribution in [0.5, 0.6) is 0 Å². The second kappa shape index (κ2) is 9.31. The van der Waals surface area contributed by atoms with Crippen molar-refractivity contribution in [3.63, 3.8) is 0 Å². The molecule has 0 aromatic rings. The molecule has 1 N–H and O–H groups in total. The smallest absolute Gasteiger partial charge is 0.407 e. The Morgan fingerprint density at radius 3 is 2.40 bits per heavy atom. The summed E-state index contributed by atoms with van der Waals surface area (Å²) in [5, 5.41) is 2.75. The molecule has 5 nitrogen and oxygen atoms in total. The number of hydrogen-bond donors (Lipinski definition) is 1. The zero-order valence-electron chi connectivity index (χ0n) is 12.9. The number of ether oxygens (including phenoxy) is 2. The van der Waals surface area contributed by atoms with Crippen molar-refractivity contribution >= 4 is 12.4 Å². The third kappa shape index (κ3) is 9.33.